The van der Waals surface area contributed by atoms with E-state index in [1.54, 1.807) is 24.4 Å². The van der Waals surface area contributed by atoms with Gasteiger partial charge in [-0.3, -0.25) is 4.98 Å². The van der Waals surface area contributed by atoms with Gasteiger partial charge in [0, 0.05) is 5.56 Å². The topological polar surface area (TPSA) is 45.9 Å². The fourth-order valence-electron chi connectivity index (χ4n) is 1.67. The first-order chi connectivity index (χ1) is 9.65. The molecule has 0 saturated heterocycles. The van der Waals surface area contributed by atoms with Crippen molar-refractivity contribution in [2.24, 2.45) is 0 Å². The predicted octanol–water partition coefficient (Wildman–Crippen LogP) is 4.72. The molecule has 0 fully saturated rings. The first-order valence-corrected chi connectivity index (χ1v) is 6.89. The summed E-state index contributed by atoms with van der Waals surface area (Å²) in [6, 6.07) is 9.04. The van der Waals surface area contributed by atoms with Gasteiger partial charge in [-0.05, 0) is 24.6 Å². The SMILES string of the molecule is CCCOc1cnc(-c2ccc(Cl)c(Cl)c2)cc1C#N. The molecule has 1 heterocycles. The summed E-state index contributed by atoms with van der Waals surface area (Å²) in [7, 11) is 0. The summed E-state index contributed by atoms with van der Waals surface area (Å²) in [5, 5.41) is 10.1. The van der Waals surface area contributed by atoms with Crippen molar-refractivity contribution in [1.82, 2.24) is 4.98 Å². The molecule has 1 aromatic heterocycles. The van der Waals surface area contributed by atoms with Crippen LogP contribution in [-0.4, -0.2) is 11.6 Å². The lowest BCUT2D eigenvalue weighted by atomic mass is 10.1. The number of aromatic nitrogens is 1. The van der Waals surface area contributed by atoms with E-state index in [0.29, 0.717) is 33.7 Å². The number of nitriles is 1. The maximum Gasteiger partial charge on any atom is 0.155 e. The highest BCUT2D eigenvalue weighted by Gasteiger charge is 2.09. The molecule has 3 nitrogen and oxygen atoms in total. The van der Waals surface area contributed by atoms with E-state index in [1.165, 1.54) is 0 Å². The summed E-state index contributed by atoms with van der Waals surface area (Å²) in [6.45, 7) is 2.56. The van der Waals surface area contributed by atoms with Gasteiger partial charge in [0.05, 0.1) is 34.1 Å². The molecule has 0 N–H and O–H groups in total. The summed E-state index contributed by atoms with van der Waals surface area (Å²) in [4.78, 5) is 4.30. The van der Waals surface area contributed by atoms with Crippen LogP contribution in [0.4, 0.5) is 0 Å². The molecule has 0 atom stereocenters. The van der Waals surface area contributed by atoms with Crippen LogP contribution in [0.5, 0.6) is 5.75 Å². The van der Waals surface area contributed by atoms with Crippen LogP contribution in [0, 0.1) is 11.3 Å². The highest BCUT2D eigenvalue weighted by molar-refractivity contribution is 6.42. The van der Waals surface area contributed by atoms with Crippen LogP contribution in [0.3, 0.4) is 0 Å². The van der Waals surface area contributed by atoms with Crippen LogP contribution in [0.1, 0.15) is 18.9 Å². The van der Waals surface area contributed by atoms with E-state index in [9.17, 15) is 5.26 Å². The standard InChI is InChI=1S/C15H12Cl2N2O/c1-2-5-20-15-9-19-14(7-11(15)8-18)10-3-4-12(16)13(17)6-10/h3-4,6-7,9H,2,5H2,1H3. The second-order valence-electron chi connectivity index (χ2n) is 4.15. The van der Waals surface area contributed by atoms with Gasteiger partial charge in [-0.25, -0.2) is 0 Å². The Labute approximate surface area is 127 Å². The van der Waals surface area contributed by atoms with Crippen molar-refractivity contribution in [2.75, 3.05) is 6.61 Å². The van der Waals surface area contributed by atoms with Crippen molar-refractivity contribution in [3.05, 3.63) is 46.1 Å². The Morgan fingerprint density at radius 2 is 2.05 bits per heavy atom. The van der Waals surface area contributed by atoms with E-state index in [0.717, 1.165) is 12.0 Å². The summed E-state index contributed by atoms with van der Waals surface area (Å²) >= 11 is 11.9. The zero-order chi connectivity index (χ0) is 14.5. The Hall–Kier alpha value is -1.76. The van der Waals surface area contributed by atoms with Crippen LogP contribution < -0.4 is 4.74 Å². The third-order valence-corrected chi connectivity index (χ3v) is 3.40. The lowest BCUT2D eigenvalue weighted by molar-refractivity contribution is 0.315. The molecule has 0 aliphatic carbocycles. The van der Waals surface area contributed by atoms with Crippen molar-refractivity contribution < 1.29 is 4.74 Å². The average Bonchev–Trinajstić information content (AvgIpc) is 2.47. The number of rotatable bonds is 4. The van der Waals surface area contributed by atoms with Crippen molar-refractivity contribution in [3.8, 4) is 23.1 Å². The van der Waals surface area contributed by atoms with Gasteiger partial charge >= 0.3 is 0 Å². The molecule has 2 rings (SSSR count). The van der Waals surface area contributed by atoms with Crippen LogP contribution in [0.15, 0.2) is 30.5 Å². The summed E-state index contributed by atoms with van der Waals surface area (Å²) in [6.07, 6.45) is 2.44. The number of halogens is 2. The molecule has 20 heavy (non-hydrogen) atoms. The lowest BCUT2D eigenvalue weighted by Gasteiger charge is -2.08. The fraction of sp³-hybridized carbons (Fsp3) is 0.200. The highest BCUT2D eigenvalue weighted by Crippen LogP contribution is 2.29. The fourth-order valence-corrected chi connectivity index (χ4v) is 1.97. The smallest absolute Gasteiger partial charge is 0.155 e. The first kappa shape index (κ1) is 14.6. The zero-order valence-corrected chi connectivity index (χ0v) is 12.4. The van der Waals surface area contributed by atoms with Gasteiger partial charge < -0.3 is 4.74 Å². The number of benzene rings is 1. The Bertz CT molecular complexity index is 665. The van der Waals surface area contributed by atoms with Crippen molar-refractivity contribution >= 4 is 23.2 Å². The summed E-state index contributed by atoms with van der Waals surface area (Å²) < 4.78 is 5.48. The molecule has 0 spiro atoms. The van der Waals surface area contributed by atoms with Gasteiger partial charge in [-0.1, -0.05) is 36.2 Å². The van der Waals surface area contributed by atoms with Gasteiger partial charge in [0.15, 0.2) is 5.75 Å². The average molecular weight is 307 g/mol. The van der Waals surface area contributed by atoms with Gasteiger partial charge in [-0.2, -0.15) is 5.26 Å². The number of nitrogens with zero attached hydrogens (tertiary/aromatic N) is 2. The Morgan fingerprint density at radius 3 is 2.70 bits per heavy atom. The van der Waals surface area contributed by atoms with Gasteiger partial charge in [-0.15, -0.1) is 0 Å². The quantitative estimate of drug-likeness (QED) is 0.821. The molecule has 0 aliphatic heterocycles. The number of ether oxygens (including phenoxy) is 1. The molecule has 2 aromatic rings. The number of hydrogen-bond donors (Lipinski definition) is 0. The summed E-state index contributed by atoms with van der Waals surface area (Å²) in [5.41, 5.74) is 1.91. The zero-order valence-electron chi connectivity index (χ0n) is 10.9. The maximum absolute atomic E-state index is 9.18. The van der Waals surface area contributed by atoms with E-state index < -0.39 is 0 Å². The Balaban J connectivity index is 2.38. The monoisotopic (exact) mass is 306 g/mol. The van der Waals surface area contributed by atoms with Crippen LogP contribution in [0.2, 0.25) is 10.0 Å². The number of pyridine rings is 1. The molecule has 0 radical (unpaired) electrons. The minimum atomic E-state index is 0.453. The van der Waals surface area contributed by atoms with Crippen molar-refractivity contribution in [2.45, 2.75) is 13.3 Å². The van der Waals surface area contributed by atoms with Gasteiger partial charge in [0.25, 0.3) is 0 Å². The van der Waals surface area contributed by atoms with Crippen molar-refractivity contribution in [3.63, 3.8) is 0 Å². The molecule has 0 bridgehead atoms. The second kappa shape index (κ2) is 6.60. The molecule has 1 aromatic carbocycles. The second-order valence-corrected chi connectivity index (χ2v) is 4.97. The maximum atomic E-state index is 9.18. The third-order valence-electron chi connectivity index (χ3n) is 2.66. The van der Waals surface area contributed by atoms with Gasteiger partial charge in [0.2, 0.25) is 0 Å². The third kappa shape index (κ3) is 3.22. The molecule has 0 amide bonds. The Morgan fingerprint density at radius 1 is 1.25 bits per heavy atom. The number of hydrogen-bond acceptors (Lipinski definition) is 3. The minimum Gasteiger partial charge on any atom is -0.491 e. The molecule has 0 unspecified atom stereocenters. The lowest BCUT2D eigenvalue weighted by Crippen LogP contribution is -1.98. The van der Waals surface area contributed by atoms with Crippen LogP contribution in [-0.2, 0) is 0 Å². The molecular formula is C15H12Cl2N2O. The molecule has 0 aliphatic rings. The minimum absolute atomic E-state index is 0.453. The van der Waals surface area contributed by atoms with Crippen LogP contribution >= 0.6 is 23.2 Å². The van der Waals surface area contributed by atoms with E-state index in [2.05, 4.69) is 11.1 Å². The van der Waals surface area contributed by atoms with Crippen LogP contribution in [0.25, 0.3) is 11.3 Å². The molecule has 0 saturated carbocycles. The molecule has 5 heteroatoms. The summed E-state index contributed by atoms with van der Waals surface area (Å²) in [5.74, 6) is 0.498. The molecule has 102 valence electrons. The van der Waals surface area contributed by atoms with Crippen molar-refractivity contribution in [1.29, 1.82) is 5.26 Å². The highest BCUT2D eigenvalue weighted by atomic mass is 35.5. The Kier molecular flexibility index (Phi) is 4.84. The predicted molar refractivity (Wildman–Crippen MR) is 80.2 cm³/mol. The van der Waals surface area contributed by atoms with Gasteiger partial charge in [0.1, 0.15) is 6.07 Å². The molecular weight excluding hydrogens is 295 g/mol. The van der Waals surface area contributed by atoms with E-state index in [4.69, 9.17) is 27.9 Å². The van der Waals surface area contributed by atoms with E-state index in [-0.39, 0.29) is 0 Å². The largest absolute Gasteiger partial charge is 0.491 e. The normalized spacial score (nSPS) is 10.1. The first-order valence-electron chi connectivity index (χ1n) is 6.14. The van der Waals surface area contributed by atoms with E-state index >= 15 is 0 Å². The van der Waals surface area contributed by atoms with E-state index in [1.807, 2.05) is 13.0 Å².